The summed E-state index contributed by atoms with van der Waals surface area (Å²) in [5, 5.41) is 0. The molecular formula is C24H35N5O3. The normalized spacial score (nSPS) is 27.2. The van der Waals surface area contributed by atoms with E-state index in [1.165, 1.54) is 32.1 Å². The highest BCUT2D eigenvalue weighted by Crippen LogP contribution is 2.33. The standard InChI is InChI=1S/C24H35N5O3/c1-27-14-17(12-21(27)30)24(32)29-10-5-8-20(29)22-25-19-15-28(11-9-18(19)23(31)26-22)13-16-6-3-2-4-7-16/h16-17,20H,2-15H2,1H3,(H,25,26,31)/t17-,20-/m0/s1. The molecule has 3 aliphatic heterocycles. The Bertz CT molecular complexity index is 938. The van der Waals surface area contributed by atoms with Crippen molar-refractivity contribution in [2.75, 3.05) is 33.2 Å². The van der Waals surface area contributed by atoms with Gasteiger partial charge in [-0.2, -0.15) is 0 Å². The van der Waals surface area contributed by atoms with Crippen molar-refractivity contribution in [3.05, 3.63) is 27.4 Å². The molecule has 1 aromatic heterocycles. The summed E-state index contributed by atoms with van der Waals surface area (Å²) in [6.45, 7) is 3.88. The van der Waals surface area contributed by atoms with Crippen LogP contribution in [0, 0.1) is 11.8 Å². The van der Waals surface area contributed by atoms with Crippen LogP contribution in [-0.2, 0) is 22.6 Å². The summed E-state index contributed by atoms with van der Waals surface area (Å²) in [6.07, 6.45) is 9.39. The van der Waals surface area contributed by atoms with Crippen LogP contribution in [0.25, 0.3) is 0 Å². The fourth-order valence-corrected chi connectivity index (χ4v) is 6.14. The van der Waals surface area contributed by atoms with E-state index in [4.69, 9.17) is 4.98 Å². The van der Waals surface area contributed by atoms with Crippen molar-refractivity contribution < 1.29 is 9.59 Å². The molecule has 4 heterocycles. The topological polar surface area (TPSA) is 89.6 Å². The van der Waals surface area contributed by atoms with Crippen molar-refractivity contribution >= 4 is 11.8 Å². The van der Waals surface area contributed by atoms with Gasteiger partial charge in [-0.25, -0.2) is 4.98 Å². The number of hydrogen-bond donors (Lipinski definition) is 1. The Balaban J connectivity index is 1.32. The Kier molecular flexibility index (Phi) is 6.05. The minimum absolute atomic E-state index is 0.0181. The Morgan fingerprint density at radius 1 is 1.09 bits per heavy atom. The van der Waals surface area contributed by atoms with E-state index in [9.17, 15) is 14.4 Å². The average Bonchev–Trinajstić information content (AvgIpc) is 3.41. The van der Waals surface area contributed by atoms with E-state index in [0.717, 1.165) is 56.1 Å². The highest BCUT2D eigenvalue weighted by atomic mass is 16.2. The Morgan fingerprint density at radius 2 is 1.91 bits per heavy atom. The van der Waals surface area contributed by atoms with Crippen LogP contribution in [0.15, 0.2) is 4.79 Å². The molecule has 0 spiro atoms. The van der Waals surface area contributed by atoms with Gasteiger partial charge in [-0.15, -0.1) is 0 Å². The van der Waals surface area contributed by atoms with Gasteiger partial charge in [-0.05, 0) is 38.0 Å². The molecule has 1 saturated carbocycles. The van der Waals surface area contributed by atoms with E-state index >= 15 is 0 Å². The molecule has 8 nitrogen and oxygen atoms in total. The quantitative estimate of drug-likeness (QED) is 0.770. The lowest BCUT2D eigenvalue weighted by Gasteiger charge is -2.33. The smallest absolute Gasteiger partial charge is 0.254 e. The van der Waals surface area contributed by atoms with Crippen LogP contribution in [0.4, 0.5) is 0 Å². The zero-order valence-corrected chi connectivity index (χ0v) is 19.1. The number of H-pyrrole nitrogens is 1. The van der Waals surface area contributed by atoms with Crippen LogP contribution in [0.3, 0.4) is 0 Å². The Morgan fingerprint density at radius 3 is 2.66 bits per heavy atom. The maximum Gasteiger partial charge on any atom is 0.254 e. The summed E-state index contributed by atoms with van der Waals surface area (Å²) in [5.41, 5.74) is 1.66. The van der Waals surface area contributed by atoms with Crippen molar-refractivity contribution in [1.82, 2.24) is 24.7 Å². The van der Waals surface area contributed by atoms with Gasteiger partial charge < -0.3 is 14.8 Å². The number of hydrogen-bond acceptors (Lipinski definition) is 5. The third kappa shape index (κ3) is 4.21. The average molecular weight is 442 g/mol. The summed E-state index contributed by atoms with van der Waals surface area (Å²) in [7, 11) is 1.75. The van der Waals surface area contributed by atoms with Crippen molar-refractivity contribution in [2.24, 2.45) is 11.8 Å². The number of carbonyl (C=O) groups is 2. The molecule has 2 atom stereocenters. The number of fused-ring (bicyclic) bond motifs is 1. The minimum Gasteiger partial charge on any atom is -0.345 e. The molecule has 8 heteroatoms. The summed E-state index contributed by atoms with van der Waals surface area (Å²) in [4.78, 5) is 51.9. The third-order valence-corrected chi connectivity index (χ3v) is 7.95. The predicted molar refractivity (Wildman–Crippen MR) is 120 cm³/mol. The number of nitrogens with zero attached hydrogens (tertiary/aromatic N) is 4. The lowest BCUT2D eigenvalue weighted by molar-refractivity contribution is -0.136. The zero-order valence-electron chi connectivity index (χ0n) is 19.1. The van der Waals surface area contributed by atoms with Crippen molar-refractivity contribution in [3.8, 4) is 0 Å². The number of rotatable bonds is 4. The molecule has 1 aliphatic carbocycles. The monoisotopic (exact) mass is 441 g/mol. The van der Waals surface area contributed by atoms with Crippen LogP contribution in [0.5, 0.6) is 0 Å². The highest BCUT2D eigenvalue weighted by molar-refractivity contribution is 5.89. The first-order valence-corrected chi connectivity index (χ1v) is 12.4. The number of likely N-dealkylation sites (tertiary alicyclic amines) is 2. The molecule has 32 heavy (non-hydrogen) atoms. The van der Waals surface area contributed by atoms with Crippen molar-refractivity contribution in [3.63, 3.8) is 0 Å². The molecule has 0 aromatic carbocycles. The van der Waals surface area contributed by atoms with Crippen LogP contribution >= 0.6 is 0 Å². The van der Waals surface area contributed by atoms with E-state index in [2.05, 4.69) is 9.88 Å². The van der Waals surface area contributed by atoms with Gasteiger partial charge in [0.15, 0.2) is 0 Å². The summed E-state index contributed by atoms with van der Waals surface area (Å²) in [6, 6.07) is -0.199. The number of carbonyl (C=O) groups excluding carboxylic acids is 2. The minimum atomic E-state index is -0.288. The van der Waals surface area contributed by atoms with Gasteiger partial charge in [0, 0.05) is 51.8 Å². The highest BCUT2D eigenvalue weighted by Gasteiger charge is 2.40. The Hall–Kier alpha value is -2.22. The molecule has 0 unspecified atom stereocenters. The first-order valence-electron chi connectivity index (χ1n) is 12.4. The molecule has 4 aliphatic rings. The van der Waals surface area contributed by atoms with Gasteiger partial charge in [-0.3, -0.25) is 19.3 Å². The predicted octanol–water partition coefficient (Wildman–Crippen LogP) is 1.85. The second-order valence-electron chi connectivity index (χ2n) is 10.2. The zero-order chi connectivity index (χ0) is 22.2. The molecular weight excluding hydrogens is 406 g/mol. The van der Waals surface area contributed by atoms with Gasteiger partial charge in [0.25, 0.3) is 5.56 Å². The van der Waals surface area contributed by atoms with Gasteiger partial charge in [-0.1, -0.05) is 19.3 Å². The molecule has 1 N–H and O–H groups in total. The van der Waals surface area contributed by atoms with Gasteiger partial charge in [0.05, 0.1) is 17.7 Å². The number of amides is 2. The van der Waals surface area contributed by atoms with E-state index < -0.39 is 0 Å². The van der Waals surface area contributed by atoms with Crippen molar-refractivity contribution in [1.29, 1.82) is 0 Å². The van der Waals surface area contributed by atoms with Gasteiger partial charge in [0.2, 0.25) is 11.8 Å². The van der Waals surface area contributed by atoms with Crippen LogP contribution in [-0.4, -0.2) is 69.7 Å². The molecule has 5 rings (SSSR count). The van der Waals surface area contributed by atoms with Crippen molar-refractivity contribution in [2.45, 2.75) is 70.4 Å². The van der Waals surface area contributed by atoms with E-state index in [-0.39, 0.29) is 35.8 Å². The summed E-state index contributed by atoms with van der Waals surface area (Å²) in [5.74, 6) is 1.14. The maximum atomic E-state index is 13.2. The molecule has 2 amide bonds. The van der Waals surface area contributed by atoms with E-state index in [1.807, 2.05) is 4.90 Å². The number of nitrogens with one attached hydrogen (secondary N) is 1. The van der Waals surface area contributed by atoms with Crippen LogP contribution in [0.1, 0.15) is 74.5 Å². The second kappa shape index (κ2) is 8.96. The maximum absolute atomic E-state index is 13.2. The first kappa shape index (κ1) is 21.6. The fraction of sp³-hybridized carbons (Fsp3) is 0.750. The fourth-order valence-electron chi connectivity index (χ4n) is 6.14. The molecule has 1 aromatic rings. The molecule has 3 fully saturated rings. The largest absolute Gasteiger partial charge is 0.345 e. The Labute approximate surface area is 189 Å². The first-order chi connectivity index (χ1) is 15.5. The summed E-state index contributed by atoms with van der Waals surface area (Å²) >= 11 is 0. The lowest BCUT2D eigenvalue weighted by Crippen LogP contribution is -2.40. The molecule has 174 valence electrons. The molecule has 0 bridgehead atoms. The molecule has 2 saturated heterocycles. The summed E-state index contributed by atoms with van der Waals surface area (Å²) < 4.78 is 0. The lowest BCUT2D eigenvalue weighted by atomic mass is 9.88. The second-order valence-corrected chi connectivity index (χ2v) is 10.2. The number of aromatic nitrogens is 2. The van der Waals surface area contributed by atoms with Crippen LogP contribution in [0.2, 0.25) is 0 Å². The van der Waals surface area contributed by atoms with Gasteiger partial charge >= 0.3 is 0 Å². The molecule has 0 radical (unpaired) electrons. The van der Waals surface area contributed by atoms with Gasteiger partial charge in [0.1, 0.15) is 5.82 Å². The van der Waals surface area contributed by atoms with E-state index in [0.29, 0.717) is 18.9 Å². The van der Waals surface area contributed by atoms with Crippen LogP contribution < -0.4 is 5.56 Å². The SMILES string of the molecule is CN1C[C@@H](C(=O)N2CCC[C@H]2c2nc3c(c(=O)[nH]2)CCN(CC2CCCCC2)C3)CC1=O. The number of aromatic amines is 1. The third-order valence-electron chi connectivity index (χ3n) is 7.95. The van der Waals surface area contributed by atoms with E-state index in [1.54, 1.807) is 11.9 Å².